The van der Waals surface area contributed by atoms with Gasteiger partial charge in [0.1, 0.15) is 29.7 Å². The zero-order chi connectivity index (χ0) is 21.9. The van der Waals surface area contributed by atoms with Gasteiger partial charge in [-0.1, -0.05) is 0 Å². The van der Waals surface area contributed by atoms with Crippen LogP contribution in [0.4, 0.5) is 8.78 Å². The summed E-state index contributed by atoms with van der Waals surface area (Å²) < 4.78 is 29.9. The van der Waals surface area contributed by atoms with Gasteiger partial charge in [0.05, 0.1) is 26.3 Å². The number of aromatic amines is 1. The normalized spacial score (nSPS) is 18.6. The zero-order valence-electron chi connectivity index (χ0n) is 17.1. The molecule has 11 heteroatoms. The van der Waals surface area contributed by atoms with E-state index in [1.807, 2.05) is 24.0 Å². The maximum absolute atomic E-state index is 13.2. The van der Waals surface area contributed by atoms with Gasteiger partial charge in [0.25, 0.3) is 11.8 Å². The van der Waals surface area contributed by atoms with Crippen molar-refractivity contribution >= 4 is 23.0 Å². The van der Waals surface area contributed by atoms with E-state index in [2.05, 4.69) is 20.4 Å². The molecular formula is C20H22F2N7O2+. The average molecular weight is 430 g/mol. The number of alkyl halides is 2. The quantitative estimate of drug-likeness (QED) is 0.584. The Balaban J connectivity index is 1.42. The maximum Gasteiger partial charge on any atom is 0.306 e. The van der Waals surface area contributed by atoms with Crippen LogP contribution in [0.2, 0.25) is 0 Å². The lowest BCUT2D eigenvalue weighted by Crippen LogP contribution is -2.63. The number of hydrogen-bond donors (Lipinski definition) is 2. The van der Waals surface area contributed by atoms with Crippen LogP contribution in [0.3, 0.4) is 0 Å². The maximum atomic E-state index is 13.2. The van der Waals surface area contributed by atoms with Gasteiger partial charge in [-0.3, -0.25) is 14.3 Å². The van der Waals surface area contributed by atoms with Gasteiger partial charge in [-0.25, -0.2) is 23.3 Å². The molecule has 1 aliphatic carbocycles. The zero-order valence-corrected chi connectivity index (χ0v) is 17.1. The number of likely N-dealkylation sites (tertiary alicyclic amines) is 1. The fourth-order valence-corrected chi connectivity index (χ4v) is 3.94. The molecule has 3 aromatic rings. The van der Waals surface area contributed by atoms with E-state index in [-0.39, 0.29) is 5.92 Å². The molecule has 0 aromatic carbocycles. The summed E-state index contributed by atoms with van der Waals surface area (Å²) in [6.45, 7) is -1.19. The highest BCUT2D eigenvalue weighted by Gasteiger charge is 2.50. The standard InChI is InChI=1S/C20H21F2N7O2/c1-27-8-14(12-5-24-28(2)7-12)25-16-13(6-23-17(16)27)18(30)26-15(11-3-4-11)19(31)29-9-20(21,22)10-29/h5-8,11,15H,3-4,9-10H2,1-2H3,(H,26,30)/p+1. The second-order valence-electron chi connectivity index (χ2n) is 8.38. The summed E-state index contributed by atoms with van der Waals surface area (Å²) in [5.74, 6) is -3.77. The predicted octanol–water partition coefficient (Wildman–Crippen LogP) is 0.774. The Morgan fingerprint density at radius 3 is 2.71 bits per heavy atom. The van der Waals surface area contributed by atoms with Crippen LogP contribution in [-0.4, -0.2) is 61.5 Å². The minimum absolute atomic E-state index is 0.0223. The number of carbonyl (C=O) groups is 2. The molecule has 0 bridgehead atoms. The summed E-state index contributed by atoms with van der Waals surface area (Å²) in [5, 5.41) is 6.93. The highest BCUT2D eigenvalue weighted by atomic mass is 19.3. The van der Waals surface area contributed by atoms with Gasteiger partial charge in [-0.15, -0.1) is 0 Å². The van der Waals surface area contributed by atoms with Crippen LogP contribution in [0.15, 0.2) is 24.8 Å². The van der Waals surface area contributed by atoms with Crippen LogP contribution in [0.1, 0.15) is 23.2 Å². The van der Waals surface area contributed by atoms with Crippen LogP contribution in [0.5, 0.6) is 0 Å². The first-order valence-electron chi connectivity index (χ1n) is 10.1. The van der Waals surface area contributed by atoms with Crippen molar-refractivity contribution in [1.82, 2.24) is 30.0 Å². The van der Waals surface area contributed by atoms with Crippen LogP contribution in [0.25, 0.3) is 22.4 Å². The van der Waals surface area contributed by atoms with Gasteiger partial charge in [0, 0.05) is 18.8 Å². The van der Waals surface area contributed by atoms with Gasteiger partial charge in [-0.05, 0) is 18.8 Å². The largest absolute Gasteiger partial charge is 0.340 e. The number of carbonyl (C=O) groups excluding carboxylic acids is 2. The lowest BCUT2D eigenvalue weighted by atomic mass is 10.1. The first kappa shape index (κ1) is 19.6. The molecule has 2 amide bonds. The number of amides is 2. The van der Waals surface area contributed by atoms with Crippen molar-refractivity contribution in [2.45, 2.75) is 24.8 Å². The predicted molar refractivity (Wildman–Crippen MR) is 105 cm³/mol. The minimum Gasteiger partial charge on any atom is -0.340 e. The van der Waals surface area contributed by atoms with E-state index in [4.69, 9.17) is 0 Å². The lowest BCUT2D eigenvalue weighted by Gasteiger charge is -2.40. The molecule has 3 aromatic heterocycles. The lowest BCUT2D eigenvalue weighted by molar-refractivity contribution is -0.646. The van der Waals surface area contributed by atoms with Crippen molar-refractivity contribution in [3.05, 3.63) is 30.4 Å². The molecule has 9 nitrogen and oxygen atoms in total. The number of aryl methyl sites for hydroxylation is 2. The number of nitrogens with one attached hydrogen (secondary N) is 2. The molecule has 4 heterocycles. The molecule has 1 saturated carbocycles. The number of halogens is 2. The number of fused-ring (bicyclic) bond motifs is 1. The SMILES string of the molecule is Cn1cc(-c2c[n+](C)c3[nH]cc(C(=O)NC(C(=O)N4CC(F)(F)C4)C4CC4)c3n2)cn1. The summed E-state index contributed by atoms with van der Waals surface area (Å²) in [4.78, 5) is 34.6. The Bertz CT molecular complexity index is 1190. The monoisotopic (exact) mass is 430 g/mol. The summed E-state index contributed by atoms with van der Waals surface area (Å²) in [7, 11) is 3.64. The number of nitrogens with zero attached hydrogens (tertiary/aromatic N) is 5. The third kappa shape index (κ3) is 3.53. The van der Waals surface area contributed by atoms with E-state index in [9.17, 15) is 18.4 Å². The molecule has 1 atom stereocenters. The number of rotatable bonds is 5. The second-order valence-corrected chi connectivity index (χ2v) is 8.38. The Hall–Kier alpha value is -3.37. The Kier molecular flexibility index (Phi) is 4.31. The molecule has 2 fully saturated rings. The fourth-order valence-electron chi connectivity index (χ4n) is 3.94. The molecule has 2 N–H and O–H groups in total. The molecular weight excluding hydrogens is 408 g/mol. The number of H-pyrrole nitrogens is 1. The van der Waals surface area contributed by atoms with Crippen LogP contribution < -0.4 is 9.88 Å². The van der Waals surface area contributed by atoms with E-state index in [0.29, 0.717) is 22.4 Å². The van der Waals surface area contributed by atoms with Crippen LogP contribution in [-0.2, 0) is 18.9 Å². The smallest absolute Gasteiger partial charge is 0.306 e. The molecule has 1 aliphatic heterocycles. The first-order valence-corrected chi connectivity index (χ1v) is 10.1. The molecule has 0 radical (unpaired) electrons. The van der Waals surface area contributed by atoms with Gasteiger partial charge < -0.3 is 10.2 Å². The molecule has 1 unspecified atom stereocenters. The molecule has 31 heavy (non-hydrogen) atoms. The molecule has 162 valence electrons. The topological polar surface area (TPSA) is 99.8 Å². The molecule has 0 spiro atoms. The van der Waals surface area contributed by atoms with Crippen LogP contribution >= 0.6 is 0 Å². The minimum atomic E-state index is -2.84. The van der Waals surface area contributed by atoms with Crippen molar-refractivity contribution in [3.8, 4) is 11.3 Å². The van der Waals surface area contributed by atoms with Crippen molar-refractivity contribution in [2.75, 3.05) is 13.1 Å². The van der Waals surface area contributed by atoms with Gasteiger partial charge >= 0.3 is 5.65 Å². The third-order valence-corrected chi connectivity index (χ3v) is 5.78. The van der Waals surface area contributed by atoms with Gasteiger partial charge in [0.15, 0.2) is 5.52 Å². The molecule has 5 rings (SSSR count). The highest BCUT2D eigenvalue weighted by Crippen LogP contribution is 2.36. The third-order valence-electron chi connectivity index (χ3n) is 5.78. The van der Waals surface area contributed by atoms with Crippen LogP contribution in [0, 0.1) is 5.92 Å². The Morgan fingerprint density at radius 2 is 2.10 bits per heavy atom. The highest BCUT2D eigenvalue weighted by molar-refractivity contribution is 6.05. The summed E-state index contributed by atoms with van der Waals surface area (Å²) in [5.41, 5.74) is 2.85. The van der Waals surface area contributed by atoms with E-state index in [0.717, 1.165) is 23.3 Å². The number of aromatic nitrogens is 5. The van der Waals surface area contributed by atoms with Crippen molar-refractivity contribution in [2.24, 2.45) is 20.0 Å². The molecule has 1 saturated heterocycles. The van der Waals surface area contributed by atoms with E-state index >= 15 is 0 Å². The Morgan fingerprint density at radius 1 is 1.35 bits per heavy atom. The summed E-state index contributed by atoms with van der Waals surface area (Å²) >= 11 is 0. The fraction of sp³-hybridized carbons (Fsp3) is 0.450. The molecule has 2 aliphatic rings. The van der Waals surface area contributed by atoms with Crippen molar-refractivity contribution < 1.29 is 22.9 Å². The number of hydrogen-bond acceptors (Lipinski definition) is 4. The first-order chi connectivity index (χ1) is 14.7. The summed E-state index contributed by atoms with van der Waals surface area (Å²) in [6.07, 6.45) is 8.46. The summed E-state index contributed by atoms with van der Waals surface area (Å²) in [6, 6.07) is -0.802. The van der Waals surface area contributed by atoms with Gasteiger partial charge in [0.2, 0.25) is 5.91 Å². The average Bonchev–Trinajstić information content (AvgIpc) is 3.29. The van der Waals surface area contributed by atoms with E-state index in [1.165, 1.54) is 0 Å². The van der Waals surface area contributed by atoms with E-state index in [1.54, 1.807) is 24.1 Å². The van der Waals surface area contributed by atoms with Gasteiger partial charge in [-0.2, -0.15) is 5.10 Å². The van der Waals surface area contributed by atoms with Crippen molar-refractivity contribution in [3.63, 3.8) is 0 Å². The second kappa shape index (κ2) is 6.82. The van der Waals surface area contributed by atoms with Crippen molar-refractivity contribution in [1.29, 1.82) is 0 Å². The Labute approximate surface area is 176 Å². The van der Waals surface area contributed by atoms with E-state index < -0.39 is 36.9 Å².